The van der Waals surface area contributed by atoms with Crippen LogP contribution in [0.3, 0.4) is 0 Å². The molecule has 0 aliphatic carbocycles. The van der Waals surface area contributed by atoms with Crippen molar-refractivity contribution in [3.8, 4) is 0 Å². The molecule has 1 rings (SSSR count). The van der Waals surface area contributed by atoms with Gasteiger partial charge in [0, 0.05) is 6.92 Å². The molecule has 4 heteroatoms. The van der Waals surface area contributed by atoms with Crippen molar-refractivity contribution in [1.82, 2.24) is 5.32 Å². The zero-order chi connectivity index (χ0) is 12.1. The van der Waals surface area contributed by atoms with Crippen molar-refractivity contribution in [3.63, 3.8) is 0 Å². The van der Waals surface area contributed by atoms with Crippen molar-refractivity contribution in [2.75, 3.05) is 0 Å². The molecule has 1 amide bonds. The molecule has 0 unspecified atom stereocenters. The van der Waals surface area contributed by atoms with E-state index in [1.165, 1.54) is 26.0 Å². The SMILES string of the molecule is CC(=O)N[C@@H](Cc1ccc(F)cc1)C(C)=O. The molecule has 1 aromatic rings. The third-order valence-corrected chi connectivity index (χ3v) is 2.22. The number of ketones is 1. The Morgan fingerprint density at radius 3 is 2.25 bits per heavy atom. The highest BCUT2D eigenvalue weighted by molar-refractivity contribution is 5.86. The molecule has 1 aromatic carbocycles. The largest absolute Gasteiger partial charge is 0.346 e. The van der Waals surface area contributed by atoms with Crippen LogP contribution in [-0.2, 0) is 16.0 Å². The quantitative estimate of drug-likeness (QED) is 0.840. The Hall–Kier alpha value is -1.71. The molecule has 1 N–H and O–H groups in total. The number of hydrogen-bond acceptors (Lipinski definition) is 2. The second-order valence-corrected chi connectivity index (χ2v) is 3.69. The van der Waals surface area contributed by atoms with E-state index in [9.17, 15) is 14.0 Å². The molecule has 0 aliphatic heterocycles. The van der Waals surface area contributed by atoms with Crippen LogP contribution < -0.4 is 5.32 Å². The molecule has 16 heavy (non-hydrogen) atoms. The molecule has 0 radical (unpaired) electrons. The summed E-state index contributed by atoms with van der Waals surface area (Å²) in [5, 5.41) is 2.56. The first kappa shape index (κ1) is 12.4. The van der Waals surface area contributed by atoms with Crippen LogP contribution in [0.1, 0.15) is 19.4 Å². The van der Waals surface area contributed by atoms with Gasteiger partial charge in [0.2, 0.25) is 5.91 Å². The molecule has 0 bridgehead atoms. The number of rotatable bonds is 4. The third kappa shape index (κ3) is 3.81. The topological polar surface area (TPSA) is 46.2 Å². The van der Waals surface area contributed by atoms with Gasteiger partial charge in [-0.25, -0.2) is 4.39 Å². The Bertz CT molecular complexity index is 387. The summed E-state index contributed by atoms with van der Waals surface area (Å²) >= 11 is 0. The van der Waals surface area contributed by atoms with Crippen LogP contribution in [0, 0.1) is 5.82 Å². The fourth-order valence-electron chi connectivity index (χ4n) is 1.40. The Morgan fingerprint density at radius 1 is 1.25 bits per heavy atom. The Labute approximate surface area is 93.7 Å². The van der Waals surface area contributed by atoms with Crippen LogP contribution in [0.15, 0.2) is 24.3 Å². The van der Waals surface area contributed by atoms with Crippen LogP contribution in [0.25, 0.3) is 0 Å². The first-order valence-corrected chi connectivity index (χ1v) is 5.01. The maximum atomic E-state index is 12.7. The normalized spacial score (nSPS) is 11.9. The van der Waals surface area contributed by atoms with Gasteiger partial charge in [0.15, 0.2) is 5.78 Å². The zero-order valence-corrected chi connectivity index (χ0v) is 9.29. The van der Waals surface area contributed by atoms with Gasteiger partial charge < -0.3 is 5.32 Å². The van der Waals surface area contributed by atoms with Crippen molar-refractivity contribution in [2.45, 2.75) is 26.3 Å². The van der Waals surface area contributed by atoms with Gasteiger partial charge in [0.25, 0.3) is 0 Å². The predicted octanol–water partition coefficient (Wildman–Crippen LogP) is 1.46. The number of benzene rings is 1. The summed E-state index contributed by atoms with van der Waals surface area (Å²) in [7, 11) is 0. The van der Waals surface area contributed by atoms with Crippen molar-refractivity contribution < 1.29 is 14.0 Å². The van der Waals surface area contributed by atoms with E-state index in [-0.39, 0.29) is 17.5 Å². The molecule has 0 saturated carbocycles. The average Bonchev–Trinajstić information content (AvgIpc) is 2.19. The Balaban J connectivity index is 2.71. The molecule has 3 nitrogen and oxygen atoms in total. The lowest BCUT2D eigenvalue weighted by Gasteiger charge is -2.14. The second kappa shape index (κ2) is 5.39. The Kier molecular flexibility index (Phi) is 4.17. The first-order valence-electron chi connectivity index (χ1n) is 5.01. The number of Topliss-reactive ketones (excluding diaryl/α,β-unsaturated/α-hetero) is 1. The van der Waals surface area contributed by atoms with Gasteiger partial charge in [0.1, 0.15) is 5.82 Å². The smallest absolute Gasteiger partial charge is 0.217 e. The maximum Gasteiger partial charge on any atom is 0.217 e. The molecular formula is C12H14FNO2. The molecule has 0 spiro atoms. The van der Waals surface area contributed by atoms with Crippen molar-refractivity contribution in [1.29, 1.82) is 0 Å². The van der Waals surface area contributed by atoms with Crippen LogP contribution in [0.5, 0.6) is 0 Å². The molecule has 0 fully saturated rings. The van der Waals surface area contributed by atoms with Gasteiger partial charge >= 0.3 is 0 Å². The van der Waals surface area contributed by atoms with E-state index in [4.69, 9.17) is 0 Å². The van der Waals surface area contributed by atoms with Gasteiger partial charge in [-0.3, -0.25) is 9.59 Å². The first-order chi connectivity index (χ1) is 7.49. The lowest BCUT2D eigenvalue weighted by Crippen LogP contribution is -2.40. The van der Waals surface area contributed by atoms with E-state index in [2.05, 4.69) is 5.32 Å². The van der Waals surface area contributed by atoms with Gasteiger partial charge in [-0.2, -0.15) is 0 Å². The maximum absolute atomic E-state index is 12.7. The minimum Gasteiger partial charge on any atom is -0.346 e. The predicted molar refractivity (Wildman–Crippen MR) is 58.4 cm³/mol. The van der Waals surface area contributed by atoms with Crippen LogP contribution >= 0.6 is 0 Å². The van der Waals surface area contributed by atoms with Gasteiger partial charge in [-0.1, -0.05) is 12.1 Å². The van der Waals surface area contributed by atoms with E-state index in [1.807, 2.05) is 0 Å². The number of nitrogens with one attached hydrogen (secondary N) is 1. The second-order valence-electron chi connectivity index (χ2n) is 3.69. The third-order valence-electron chi connectivity index (χ3n) is 2.22. The minimum atomic E-state index is -0.539. The molecule has 86 valence electrons. The number of halogens is 1. The highest BCUT2D eigenvalue weighted by atomic mass is 19.1. The van der Waals surface area contributed by atoms with Gasteiger partial charge in [-0.05, 0) is 31.0 Å². The van der Waals surface area contributed by atoms with Crippen molar-refractivity contribution >= 4 is 11.7 Å². The highest BCUT2D eigenvalue weighted by Gasteiger charge is 2.15. The summed E-state index contributed by atoms with van der Waals surface area (Å²) in [5.74, 6) is -0.676. The number of amides is 1. The number of carbonyl (C=O) groups is 2. The summed E-state index contributed by atoms with van der Waals surface area (Å²) in [6.45, 7) is 2.78. The van der Waals surface area contributed by atoms with E-state index in [1.54, 1.807) is 12.1 Å². The average molecular weight is 223 g/mol. The van der Waals surface area contributed by atoms with E-state index in [0.29, 0.717) is 6.42 Å². The number of hydrogen-bond donors (Lipinski definition) is 1. The fourth-order valence-corrected chi connectivity index (χ4v) is 1.40. The van der Waals surface area contributed by atoms with E-state index >= 15 is 0 Å². The van der Waals surface area contributed by atoms with Crippen molar-refractivity contribution in [2.24, 2.45) is 0 Å². The minimum absolute atomic E-state index is 0.112. The lowest BCUT2D eigenvalue weighted by molar-refractivity contribution is -0.125. The van der Waals surface area contributed by atoms with Gasteiger partial charge in [-0.15, -0.1) is 0 Å². The number of carbonyl (C=O) groups excluding carboxylic acids is 2. The summed E-state index contributed by atoms with van der Waals surface area (Å²) in [5.41, 5.74) is 0.815. The summed E-state index contributed by atoms with van der Waals surface area (Å²) < 4.78 is 12.7. The lowest BCUT2D eigenvalue weighted by atomic mass is 10.0. The van der Waals surface area contributed by atoms with E-state index < -0.39 is 6.04 Å². The molecule has 0 aromatic heterocycles. The zero-order valence-electron chi connectivity index (χ0n) is 9.29. The standard InChI is InChI=1S/C12H14FNO2/c1-8(15)12(14-9(2)16)7-10-3-5-11(13)6-4-10/h3-6,12H,7H2,1-2H3,(H,14,16)/t12-/m0/s1. The summed E-state index contributed by atoms with van der Waals surface area (Å²) in [6.07, 6.45) is 0.384. The Morgan fingerprint density at radius 2 is 1.81 bits per heavy atom. The van der Waals surface area contributed by atoms with E-state index in [0.717, 1.165) is 5.56 Å². The molecule has 1 atom stereocenters. The molecule has 0 aliphatic rings. The van der Waals surface area contributed by atoms with Crippen molar-refractivity contribution in [3.05, 3.63) is 35.6 Å². The fraction of sp³-hybridized carbons (Fsp3) is 0.333. The molecular weight excluding hydrogens is 209 g/mol. The molecule has 0 heterocycles. The van der Waals surface area contributed by atoms with Crippen LogP contribution in [0.2, 0.25) is 0 Å². The monoisotopic (exact) mass is 223 g/mol. The summed E-state index contributed by atoms with van der Waals surface area (Å²) in [4.78, 5) is 22.1. The summed E-state index contributed by atoms with van der Waals surface area (Å²) in [6, 6.07) is 5.34. The molecule has 0 saturated heterocycles. The van der Waals surface area contributed by atoms with Gasteiger partial charge in [0.05, 0.1) is 6.04 Å². The van der Waals surface area contributed by atoms with Crippen LogP contribution in [-0.4, -0.2) is 17.7 Å². The van der Waals surface area contributed by atoms with Crippen LogP contribution in [0.4, 0.5) is 4.39 Å². The highest BCUT2D eigenvalue weighted by Crippen LogP contribution is 2.06.